The van der Waals surface area contributed by atoms with Gasteiger partial charge in [0, 0.05) is 30.6 Å². The van der Waals surface area contributed by atoms with E-state index in [0.717, 1.165) is 48.2 Å². The van der Waals surface area contributed by atoms with Crippen LogP contribution in [0.1, 0.15) is 47.5 Å². The van der Waals surface area contributed by atoms with Crippen LogP contribution in [0.15, 0.2) is 42.9 Å². The molecule has 6 nitrogen and oxygen atoms in total. The van der Waals surface area contributed by atoms with Crippen molar-refractivity contribution in [1.82, 2.24) is 9.55 Å². The lowest BCUT2D eigenvalue weighted by Crippen LogP contribution is -2.34. The molecule has 150 valence electrons. The molecule has 2 aromatic heterocycles. The van der Waals surface area contributed by atoms with Crippen LogP contribution in [0.2, 0.25) is 0 Å². The van der Waals surface area contributed by atoms with Gasteiger partial charge in [-0.3, -0.25) is 4.98 Å². The van der Waals surface area contributed by atoms with Gasteiger partial charge in [0.1, 0.15) is 5.82 Å². The average Bonchev–Trinajstić information content (AvgIpc) is 3.34. The molecule has 0 unspecified atom stereocenters. The van der Waals surface area contributed by atoms with Gasteiger partial charge < -0.3 is 19.1 Å². The Hall–Kier alpha value is -2.77. The molecular weight excluding hydrogens is 375 g/mol. The predicted molar refractivity (Wildman–Crippen MR) is 104 cm³/mol. The number of fused-ring (bicyclic) bond motifs is 1. The van der Waals surface area contributed by atoms with Gasteiger partial charge in [0.15, 0.2) is 5.79 Å². The number of hydrogen-bond acceptors (Lipinski definition) is 4. The summed E-state index contributed by atoms with van der Waals surface area (Å²) in [4.78, 5) is 15.9. The molecule has 0 radical (unpaired) electrons. The molecule has 0 atom stereocenters. The zero-order chi connectivity index (χ0) is 20.0. The third-order valence-corrected chi connectivity index (χ3v) is 6.09. The van der Waals surface area contributed by atoms with E-state index in [1.165, 1.54) is 12.1 Å². The lowest BCUT2D eigenvalue weighted by atomic mass is 9.81. The molecule has 1 aliphatic heterocycles. The van der Waals surface area contributed by atoms with E-state index in [9.17, 15) is 14.3 Å². The molecule has 1 aromatic carbocycles. The second-order valence-electron chi connectivity index (χ2n) is 7.70. The summed E-state index contributed by atoms with van der Waals surface area (Å²) in [6, 6.07) is 5.80. The molecule has 5 rings (SSSR count). The number of carbonyl (C=O) groups is 1. The van der Waals surface area contributed by atoms with Crippen molar-refractivity contribution in [3.63, 3.8) is 0 Å². The van der Waals surface area contributed by atoms with Crippen LogP contribution < -0.4 is 0 Å². The highest BCUT2D eigenvalue weighted by molar-refractivity contribution is 5.94. The fourth-order valence-corrected chi connectivity index (χ4v) is 4.67. The van der Waals surface area contributed by atoms with Crippen molar-refractivity contribution >= 4 is 16.9 Å². The fourth-order valence-electron chi connectivity index (χ4n) is 4.67. The van der Waals surface area contributed by atoms with Crippen molar-refractivity contribution in [3.8, 4) is 5.69 Å². The number of ether oxygens (including phenoxy) is 2. The molecule has 29 heavy (non-hydrogen) atoms. The summed E-state index contributed by atoms with van der Waals surface area (Å²) >= 11 is 0. The minimum atomic E-state index is -1.16. The number of nitrogens with zero attached hydrogens (tertiary/aromatic N) is 2. The summed E-state index contributed by atoms with van der Waals surface area (Å²) in [7, 11) is 0. The number of benzene rings is 1. The van der Waals surface area contributed by atoms with Crippen LogP contribution in [0, 0.1) is 5.82 Å². The van der Waals surface area contributed by atoms with Crippen LogP contribution in [0.3, 0.4) is 0 Å². The third kappa shape index (κ3) is 3.10. The lowest BCUT2D eigenvalue weighted by Gasteiger charge is -2.35. The lowest BCUT2D eigenvalue weighted by molar-refractivity contribution is -0.178. The van der Waals surface area contributed by atoms with Crippen molar-refractivity contribution in [2.75, 3.05) is 13.2 Å². The molecule has 1 spiro atoms. The Morgan fingerprint density at radius 3 is 2.69 bits per heavy atom. The maximum absolute atomic E-state index is 13.7. The maximum Gasteiger partial charge on any atom is 0.337 e. The second kappa shape index (κ2) is 6.93. The number of aromatic nitrogens is 2. The highest BCUT2D eigenvalue weighted by Crippen LogP contribution is 2.44. The summed E-state index contributed by atoms with van der Waals surface area (Å²) in [6.07, 6.45) is 8.98. The average molecular weight is 396 g/mol. The molecule has 2 fully saturated rings. The van der Waals surface area contributed by atoms with Crippen LogP contribution in [-0.4, -0.2) is 39.6 Å². The normalized spacial score (nSPS) is 19.2. The number of hydrogen-bond donors (Lipinski definition) is 1. The van der Waals surface area contributed by atoms with Gasteiger partial charge in [0.2, 0.25) is 0 Å². The summed E-state index contributed by atoms with van der Waals surface area (Å²) in [5.41, 5.74) is 2.31. The minimum absolute atomic E-state index is 0.0762. The number of carboxylic acid groups (broad SMARTS) is 1. The third-order valence-electron chi connectivity index (χ3n) is 6.09. The quantitative estimate of drug-likeness (QED) is 0.716. The molecule has 7 heteroatoms. The van der Waals surface area contributed by atoms with Gasteiger partial charge in [0.25, 0.3) is 0 Å². The summed E-state index contributed by atoms with van der Waals surface area (Å²) in [5.74, 6) is -1.85. The van der Waals surface area contributed by atoms with Crippen molar-refractivity contribution in [2.45, 2.75) is 37.4 Å². The predicted octanol–water partition coefficient (Wildman–Crippen LogP) is 4.26. The van der Waals surface area contributed by atoms with E-state index < -0.39 is 17.6 Å². The molecule has 1 saturated carbocycles. The van der Waals surface area contributed by atoms with Gasteiger partial charge in [-0.2, -0.15) is 0 Å². The smallest absolute Gasteiger partial charge is 0.337 e. The SMILES string of the molecule is O=C(O)c1cc(F)ccc1-n1cc(C2CCC3(CC2)OCCO3)c2ccncc21. The van der Waals surface area contributed by atoms with E-state index in [1.54, 1.807) is 12.4 Å². The van der Waals surface area contributed by atoms with Crippen LogP contribution in [-0.2, 0) is 9.47 Å². The van der Waals surface area contributed by atoms with Crippen molar-refractivity contribution in [2.24, 2.45) is 0 Å². The number of pyridine rings is 1. The van der Waals surface area contributed by atoms with E-state index in [4.69, 9.17) is 9.47 Å². The first kappa shape index (κ1) is 18.3. The molecule has 2 aliphatic rings. The Morgan fingerprint density at radius 2 is 1.97 bits per heavy atom. The first-order chi connectivity index (χ1) is 14.1. The highest BCUT2D eigenvalue weighted by atomic mass is 19.1. The Kier molecular flexibility index (Phi) is 4.37. The van der Waals surface area contributed by atoms with Crippen molar-refractivity contribution in [3.05, 3.63) is 59.8 Å². The molecule has 0 amide bonds. The maximum atomic E-state index is 13.7. The number of rotatable bonds is 3. The van der Waals surface area contributed by atoms with E-state index in [2.05, 4.69) is 4.98 Å². The molecule has 1 aliphatic carbocycles. The van der Waals surface area contributed by atoms with Gasteiger partial charge in [-0.25, -0.2) is 9.18 Å². The van der Waals surface area contributed by atoms with E-state index >= 15 is 0 Å². The second-order valence-corrected chi connectivity index (χ2v) is 7.70. The summed E-state index contributed by atoms with van der Waals surface area (Å²) < 4.78 is 27.2. The van der Waals surface area contributed by atoms with Crippen molar-refractivity contribution in [1.29, 1.82) is 0 Å². The molecule has 3 heterocycles. The van der Waals surface area contributed by atoms with Crippen LogP contribution >= 0.6 is 0 Å². The molecule has 1 N–H and O–H groups in total. The Labute approximate surface area is 166 Å². The van der Waals surface area contributed by atoms with Crippen LogP contribution in [0.4, 0.5) is 4.39 Å². The first-order valence-corrected chi connectivity index (χ1v) is 9.82. The monoisotopic (exact) mass is 396 g/mol. The summed E-state index contributed by atoms with van der Waals surface area (Å²) in [5, 5.41) is 10.6. The number of aromatic carboxylic acids is 1. The number of halogens is 1. The van der Waals surface area contributed by atoms with Gasteiger partial charge in [-0.05, 0) is 48.6 Å². The van der Waals surface area contributed by atoms with Gasteiger partial charge in [0.05, 0.1) is 36.2 Å². The summed E-state index contributed by atoms with van der Waals surface area (Å²) in [6.45, 7) is 1.30. The zero-order valence-electron chi connectivity index (χ0n) is 15.8. The van der Waals surface area contributed by atoms with E-state index in [0.29, 0.717) is 24.8 Å². The Morgan fingerprint density at radius 1 is 1.21 bits per heavy atom. The highest BCUT2D eigenvalue weighted by Gasteiger charge is 2.41. The first-order valence-electron chi connectivity index (χ1n) is 9.82. The number of carboxylic acids is 1. The van der Waals surface area contributed by atoms with Crippen molar-refractivity contribution < 1.29 is 23.8 Å². The minimum Gasteiger partial charge on any atom is -0.478 e. The molecule has 3 aromatic rings. The van der Waals surface area contributed by atoms with E-state index in [1.807, 2.05) is 16.8 Å². The van der Waals surface area contributed by atoms with Crippen LogP contribution in [0.5, 0.6) is 0 Å². The van der Waals surface area contributed by atoms with Gasteiger partial charge in [-0.1, -0.05) is 0 Å². The zero-order valence-corrected chi connectivity index (χ0v) is 15.8. The topological polar surface area (TPSA) is 73.6 Å². The van der Waals surface area contributed by atoms with E-state index in [-0.39, 0.29) is 5.56 Å². The van der Waals surface area contributed by atoms with Crippen LogP contribution in [0.25, 0.3) is 16.6 Å². The van der Waals surface area contributed by atoms with Gasteiger partial charge >= 0.3 is 5.97 Å². The standard InChI is InChI=1S/C22H21FN2O4/c23-15-1-2-19(17(11-15)21(26)27)25-13-18(16-5-8-24-12-20(16)25)14-3-6-22(7-4-14)28-9-10-29-22/h1-2,5,8,11-14H,3-4,6-7,9-10H2,(H,26,27). The molecule has 0 bridgehead atoms. The fraction of sp³-hybridized carbons (Fsp3) is 0.364. The molecule has 1 saturated heterocycles. The Balaban J connectivity index is 1.57. The largest absolute Gasteiger partial charge is 0.478 e. The molecular formula is C22H21FN2O4. The van der Waals surface area contributed by atoms with Gasteiger partial charge in [-0.15, -0.1) is 0 Å². The Bertz CT molecular complexity index is 1080.